The maximum absolute atomic E-state index is 11.1. The molecule has 0 atom stereocenters. The summed E-state index contributed by atoms with van der Waals surface area (Å²) in [6.45, 7) is 6.81. The summed E-state index contributed by atoms with van der Waals surface area (Å²) in [6.07, 6.45) is 8.20. The zero-order valence-electron chi connectivity index (χ0n) is 11.7. The number of rotatable bonds is 3. The molecule has 110 valence electrons. The lowest BCUT2D eigenvalue weighted by Crippen LogP contribution is -2.47. The Hall–Kier alpha value is -1.58. The minimum atomic E-state index is -0.981. The van der Waals surface area contributed by atoms with Crippen LogP contribution in [0.3, 0.4) is 0 Å². The summed E-state index contributed by atoms with van der Waals surface area (Å²) >= 11 is 0. The van der Waals surface area contributed by atoms with Gasteiger partial charge in [0, 0.05) is 17.1 Å². The summed E-state index contributed by atoms with van der Waals surface area (Å²) in [5, 5.41) is 16.7. The second kappa shape index (κ2) is 5.43. The Kier molecular flexibility index (Phi) is 4.02. The molecule has 4 nitrogen and oxygen atoms in total. The Labute approximate surface area is 119 Å². The van der Waals surface area contributed by atoms with E-state index in [4.69, 9.17) is 10.2 Å². The molecule has 0 amide bonds. The Morgan fingerprint density at radius 2 is 1.35 bits per heavy atom. The molecule has 0 aromatic carbocycles. The average molecular weight is 278 g/mol. The van der Waals surface area contributed by atoms with Gasteiger partial charge >= 0.3 is 11.9 Å². The van der Waals surface area contributed by atoms with Crippen molar-refractivity contribution in [2.75, 3.05) is 0 Å². The van der Waals surface area contributed by atoms with Crippen LogP contribution in [0.1, 0.15) is 38.5 Å². The van der Waals surface area contributed by atoms with Crippen LogP contribution in [0.2, 0.25) is 0 Å². The largest absolute Gasteiger partial charge is 0.478 e. The van der Waals surface area contributed by atoms with Gasteiger partial charge in [-0.15, -0.1) is 0 Å². The number of hydrogen-bond donors (Lipinski definition) is 2. The Balaban J connectivity index is 0.000000257. The van der Waals surface area contributed by atoms with E-state index in [-0.39, 0.29) is 5.41 Å². The molecule has 4 saturated carbocycles. The van der Waals surface area contributed by atoms with Gasteiger partial charge in [-0.1, -0.05) is 13.2 Å². The van der Waals surface area contributed by atoms with E-state index in [0.29, 0.717) is 5.57 Å². The first kappa shape index (κ1) is 14.8. The number of aliphatic carboxylic acids is 2. The van der Waals surface area contributed by atoms with E-state index in [2.05, 4.69) is 13.2 Å². The second-order valence-corrected chi connectivity index (χ2v) is 6.52. The fraction of sp³-hybridized carbons (Fsp3) is 0.625. The molecule has 2 N–H and O–H groups in total. The summed E-state index contributed by atoms with van der Waals surface area (Å²) in [4.78, 5) is 20.4. The molecule has 0 radical (unpaired) electrons. The van der Waals surface area contributed by atoms with E-state index in [0.717, 1.165) is 43.1 Å². The minimum absolute atomic E-state index is 0.0133. The summed E-state index contributed by atoms with van der Waals surface area (Å²) in [5.74, 6) is 0.647. The summed E-state index contributed by atoms with van der Waals surface area (Å²) in [5.41, 5.74) is 0.488. The highest BCUT2D eigenvalue weighted by Gasteiger charge is 2.53. The standard InChI is InChI=1S/C13H18O2.C3H4O2/c1-8(12(14)15)13-5-9-2-10(6-13)4-11(3-9)7-13;1-2-3(4)5/h9-11H,1-7H2,(H,14,15);2H,1H2,(H,4,5). The number of hydrogen-bond acceptors (Lipinski definition) is 2. The predicted molar refractivity (Wildman–Crippen MR) is 75.2 cm³/mol. The second-order valence-electron chi connectivity index (χ2n) is 6.52. The van der Waals surface area contributed by atoms with Gasteiger partial charge in [0.1, 0.15) is 0 Å². The predicted octanol–water partition coefficient (Wildman–Crippen LogP) is 3.10. The number of carbonyl (C=O) groups is 2. The van der Waals surface area contributed by atoms with Gasteiger partial charge in [-0.3, -0.25) is 0 Å². The molecule has 4 aliphatic rings. The molecule has 0 unspecified atom stereocenters. The quantitative estimate of drug-likeness (QED) is 0.778. The summed E-state index contributed by atoms with van der Waals surface area (Å²) in [7, 11) is 0. The maximum atomic E-state index is 11.1. The van der Waals surface area contributed by atoms with Crippen molar-refractivity contribution in [3.63, 3.8) is 0 Å². The van der Waals surface area contributed by atoms with Crippen molar-refractivity contribution in [1.29, 1.82) is 0 Å². The van der Waals surface area contributed by atoms with E-state index in [1.807, 2.05) is 0 Å². The van der Waals surface area contributed by atoms with E-state index < -0.39 is 11.9 Å². The average Bonchev–Trinajstić information content (AvgIpc) is 2.36. The van der Waals surface area contributed by atoms with Crippen LogP contribution in [0.25, 0.3) is 0 Å². The van der Waals surface area contributed by atoms with Crippen molar-refractivity contribution in [2.45, 2.75) is 38.5 Å². The van der Waals surface area contributed by atoms with Gasteiger partial charge in [0.15, 0.2) is 0 Å². The number of carboxylic acids is 2. The van der Waals surface area contributed by atoms with Crippen LogP contribution < -0.4 is 0 Å². The zero-order valence-corrected chi connectivity index (χ0v) is 11.7. The molecule has 4 fully saturated rings. The molecule has 20 heavy (non-hydrogen) atoms. The van der Waals surface area contributed by atoms with E-state index >= 15 is 0 Å². The van der Waals surface area contributed by atoms with E-state index in [9.17, 15) is 9.59 Å². The molecule has 4 bridgehead atoms. The van der Waals surface area contributed by atoms with Crippen LogP contribution in [0, 0.1) is 23.2 Å². The molecule has 0 aliphatic heterocycles. The number of carboxylic acid groups (broad SMARTS) is 2. The lowest BCUT2D eigenvalue weighted by atomic mass is 9.48. The molecule has 4 heteroatoms. The van der Waals surface area contributed by atoms with Crippen molar-refractivity contribution in [3.8, 4) is 0 Å². The van der Waals surface area contributed by atoms with Gasteiger partial charge in [-0.05, 0) is 56.3 Å². The Morgan fingerprint density at radius 1 is 1.00 bits per heavy atom. The van der Waals surface area contributed by atoms with Gasteiger partial charge < -0.3 is 10.2 Å². The van der Waals surface area contributed by atoms with Crippen LogP contribution in [0.5, 0.6) is 0 Å². The molecular weight excluding hydrogens is 256 g/mol. The molecule has 0 aromatic rings. The molecular formula is C16H22O4. The fourth-order valence-corrected chi connectivity index (χ4v) is 4.71. The van der Waals surface area contributed by atoms with Crippen molar-refractivity contribution in [3.05, 3.63) is 24.8 Å². The Bertz CT molecular complexity index is 414. The lowest BCUT2D eigenvalue weighted by Gasteiger charge is -2.56. The van der Waals surface area contributed by atoms with Crippen LogP contribution in [0.15, 0.2) is 24.8 Å². The smallest absolute Gasteiger partial charge is 0.331 e. The molecule has 0 heterocycles. The summed E-state index contributed by atoms with van der Waals surface area (Å²) < 4.78 is 0. The normalized spacial score (nSPS) is 36.7. The topological polar surface area (TPSA) is 74.6 Å². The highest BCUT2D eigenvalue weighted by atomic mass is 16.4. The highest BCUT2D eigenvalue weighted by molar-refractivity contribution is 5.87. The van der Waals surface area contributed by atoms with Crippen LogP contribution in [-0.2, 0) is 9.59 Å². The SMILES string of the molecule is C=C(C(=O)O)C12CC3CC(CC(C3)C1)C2.C=CC(=O)O. The van der Waals surface area contributed by atoms with Gasteiger partial charge in [-0.2, -0.15) is 0 Å². The first-order valence-corrected chi connectivity index (χ1v) is 7.14. The van der Waals surface area contributed by atoms with E-state index in [1.54, 1.807) is 0 Å². The fourth-order valence-electron chi connectivity index (χ4n) is 4.71. The molecule has 0 saturated heterocycles. The summed E-state index contributed by atoms with van der Waals surface area (Å²) in [6, 6.07) is 0. The van der Waals surface area contributed by atoms with Gasteiger partial charge in [0.25, 0.3) is 0 Å². The molecule has 0 aromatic heterocycles. The first-order chi connectivity index (χ1) is 9.36. The van der Waals surface area contributed by atoms with Crippen LogP contribution in [0.4, 0.5) is 0 Å². The highest BCUT2D eigenvalue weighted by Crippen LogP contribution is 2.62. The van der Waals surface area contributed by atoms with Crippen molar-refractivity contribution < 1.29 is 19.8 Å². The van der Waals surface area contributed by atoms with Crippen LogP contribution >= 0.6 is 0 Å². The van der Waals surface area contributed by atoms with Crippen molar-refractivity contribution in [1.82, 2.24) is 0 Å². The molecule has 4 rings (SSSR count). The third-order valence-electron chi connectivity index (χ3n) is 5.11. The third-order valence-corrected chi connectivity index (χ3v) is 5.11. The monoisotopic (exact) mass is 278 g/mol. The minimum Gasteiger partial charge on any atom is -0.478 e. The molecule has 4 aliphatic carbocycles. The van der Waals surface area contributed by atoms with Crippen LogP contribution in [-0.4, -0.2) is 22.2 Å². The van der Waals surface area contributed by atoms with Gasteiger partial charge in [-0.25, -0.2) is 9.59 Å². The third kappa shape index (κ3) is 2.79. The zero-order chi connectivity index (χ0) is 14.9. The van der Waals surface area contributed by atoms with E-state index in [1.165, 1.54) is 19.3 Å². The maximum Gasteiger partial charge on any atom is 0.331 e. The van der Waals surface area contributed by atoms with Gasteiger partial charge in [0.2, 0.25) is 0 Å². The first-order valence-electron chi connectivity index (χ1n) is 7.14. The lowest BCUT2D eigenvalue weighted by molar-refractivity contribution is -0.136. The van der Waals surface area contributed by atoms with Gasteiger partial charge in [0.05, 0.1) is 0 Å². The van der Waals surface area contributed by atoms with Crippen molar-refractivity contribution >= 4 is 11.9 Å². The molecule has 0 spiro atoms. The van der Waals surface area contributed by atoms with Crippen molar-refractivity contribution in [2.24, 2.45) is 23.2 Å². The Morgan fingerprint density at radius 3 is 1.60 bits per heavy atom.